The number of hydrogen-bond donors (Lipinski definition) is 1. The molecule has 2 heterocycles. The van der Waals surface area contributed by atoms with Crippen molar-refractivity contribution >= 4 is 33.1 Å². The highest BCUT2D eigenvalue weighted by Crippen LogP contribution is 2.36. The number of thiophene rings is 1. The fraction of sp³-hybridized carbons (Fsp3) is 0.182. The van der Waals surface area contributed by atoms with Crippen LogP contribution < -0.4 is 5.32 Å². The van der Waals surface area contributed by atoms with Gasteiger partial charge in [-0.05, 0) is 46.4 Å². The zero-order valence-corrected chi connectivity index (χ0v) is 10.7. The minimum absolute atomic E-state index is 0.882. The van der Waals surface area contributed by atoms with E-state index in [1.807, 2.05) is 12.3 Å². The second-order valence-electron chi connectivity index (χ2n) is 3.03. The number of hydrogen-bond acceptors (Lipinski definition) is 3. The zero-order chi connectivity index (χ0) is 10.7. The number of rotatable bonds is 3. The highest BCUT2D eigenvalue weighted by atomic mass is 79.9. The third kappa shape index (κ3) is 2.21. The largest absolute Gasteiger partial charge is 0.370 e. The van der Waals surface area contributed by atoms with E-state index in [9.17, 15) is 0 Å². The fourth-order valence-electron chi connectivity index (χ4n) is 1.38. The Morgan fingerprint density at radius 1 is 1.47 bits per heavy atom. The van der Waals surface area contributed by atoms with Crippen LogP contribution in [0.1, 0.15) is 6.92 Å². The molecule has 0 unspecified atom stereocenters. The van der Waals surface area contributed by atoms with Gasteiger partial charge in [0.25, 0.3) is 0 Å². The summed E-state index contributed by atoms with van der Waals surface area (Å²) < 4.78 is 1.12. The molecule has 0 saturated heterocycles. The molecule has 0 saturated carbocycles. The van der Waals surface area contributed by atoms with Crippen molar-refractivity contribution in [3.63, 3.8) is 0 Å². The minimum atomic E-state index is 0.882. The second-order valence-corrected chi connectivity index (χ2v) is 4.80. The Balaban J connectivity index is 2.48. The van der Waals surface area contributed by atoms with Crippen LogP contribution in [0.4, 0.5) is 5.82 Å². The summed E-state index contributed by atoms with van der Waals surface area (Å²) in [4.78, 5) is 5.56. The Morgan fingerprint density at radius 2 is 2.33 bits per heavy atom. The van der Waals surface area contributed by atoms with Crippen LogP contribution in [0.5, 0.6) is 0 Å². The smallest absolute Gasteiger partial charge is 0.134 e. The van der Waals surface area contributed by atoms with E-state index in [4.69, 9.17) is 0 Å². The van der Waals surface area contributed by atoms with E-state index in [0.29, 0.717) is 0 Å². The topological polar surface area (TPSA) is 24.9 Å². The van der Waals surface area contributed by atoms with Crippen LogP contribution in [-0.2, 0) is 0 Å². The number of pyridine rings is 1. The summed E-state index contributed by atoms with van der Waals surface area (Å²) in [6, 6.07) is 6.10. The van der Waals surface area contributed by atoms with Crippen molar-refractivity contribution < 1.29 is 0 Å². The Hall–Kier alpha value is -0.870. The molecule has 0 aliphatic heterocycles. The summed E-state index contributed by atoms with van der Waals surface area (Å²) in [5.74, 6) is 0.947. The lowest BCUT2D eigenvalue weighted by molar-refractivity contribution is 1.16. The van der Waals surface area contributed by atoms with Crippen molar-refractivity contribution in [3.8, 4) is 10.4 Å². The van der Waals surface area contributed by atoms with Gasteiger partial charge in [-0.25, -0.2) is 4.98 Å². The van der Waals surface area contributed by atoms with Crippen LogP contribution >= 0.6 is 27.3 Å². The Bertz CT molecular complexity index is 453. The molecule has 0 radical (unpaired) electrons. The molecule has 4 heteroatoms. The molecule has 0 fully saturated rings. The van der Waals surface area contributed by atoms with Crippen LogP contribution in [0.15, 0.2) is 34.2 Å². The molecule has 0 aromatic carbocycles. The lowest BCUT2D eigenvalue weighted by Crippen LogP contribution is -2.00. The number of aromatic nitrogens is 1. The first kappa shape index (κ1) is 10.6. The maximum Gasteiger partial charge on any atom is 0.134 e. The van der Waals surface area contributed by atoms with E-state index < -0.39 is 0 Å². The molecule has 1 N–H and O–H groups in total. The highest BCUT2D eigenvalue weighted by Gasteiger charge is 2.09. The van der Waals surface area contributed by atoms with E-state index in [0.717, 1.165) is 22.4 Å². The fourth-order valence-corrected chi connectivity index (χ4v) is 3.00. The molecule has 0 spiro atoms. The number of anilines is 1. The standard InChI is InChI=1S/C11H11BrN2S/c1-2-13-11-8(4-3-6-14-11)10-9(12)5-7-15-10/h3-7H,2H2,1H3,(H,13,14). The van der Waals surface area contributed by atoms with Crippen LogP contribution in [0, 0.1) is 0 Å². The van der Waals surface area contributed by atoms with E-state index >= 15 is 0 Å². The number of nitrogens with one attached hydrogen (secondary N) is 1. The summed E-state index contributed by atoms with van der Waals surface area (Å²) in [6.07, 6.45) is 1.81. The molecular weight excluding hydrogens is 272 g/mol. The van der Waals surface area contributed by atoms with Gasteiger partial charge in [0.1, 0.15) is 5.82 Å². The molecule has 2 aromatic rings. The van der Waals surface area contributed by atoms with E-state index in [1.54, 1.807) is 11.3 Å². The van der Waals surface area contributed by atoms with Gasteiger partial charge in [0.05, 0.1) is 4.88 Å². The molecule has 15 heavy (non-hydrogen) atoms. The maximum absolute atomic E-state index is 4.34. The predicted molar refractivity (Wildman–Crippen MR) is 69.4 cm³/mol. The monoisotopic (exact) mass is 282 g/mol. The number of nitrogens with zero attached hydrogens (tertiary/aromatic N) is 1. The van der Waals surface area contributed by atoms with Crippen molar-refractivity contribution in [1.82, 2.24) is 4.98 Å². The molecule has 2 rings (SSSR count). The molecule has 78 valence electrons. The Morgan fingerprint density at radius 3 is 3.00 bits per heavy atom. The van der Waals surface area contributed by atoms with Crippen LogP contribution in [0.2, 0.25) is 0 Å². The van der Waals surface area contributed by atoms with Gasteiger partial charge in [-0.3, -0.25) is 0 Å². The molecule has 0 aliphatic carbocycles. The molecule has 2 aromatic heterocycles. The number of halogens is 1. The highest BCUT2D eigenvalue weighted by molar-refractivity contribution is 9.10. The molecule has 0 amide bonds. The SMILES string of the molecule is CCNc1ncccc1-c1sccc1Br. The third-order valence-electron chi connectivity index (χ3n) is 2.01. The third-order valence-corrected chi connectivity index (χ3v) is 3.88. The van der Waals surface area contributed by atoms with Crippen LogP contribution in [0.3, 0.4) is 0 Å². The summed E-state index contributed by atoms with van der Waals surface area (Å²) in [5.41, 5.74) is 1.15. The van der Waals surface area contributed by atoms with Gasteiger partial charge in [0.2, 0.25) is 0 Å². The van der Waals surface area contributed by atoms with Crippen molar-refractivity contribution in [1.29, 1.82) is 0 Å². The van der Waals surface area contributed by atoms with E-state index in [2.05, 4.69) is 50.7 Å². The quantitative estimate of drug-likeness (QED) is 0.920. The average Bonchev–Trinajstić information content (AvgIpc) is 2.66. The average molecular weight is 283 g/mol. The Kier molecular flexibility index (Phi) is 3.38. The first-order valence-corrected chi connectivity index (χ1v) is 6.42. The van der Waals surface area contributed by atoms with Crippen molar-refractivity contribution in [2.75, 3.05) is 11.9 Å². The zero-order valence-electron chi connectivity index (χ0n) is 8.33. The van der Waals surface area contributed by atoms with Gasteiger partial charge in [-0.1, -0.05) is 0 Å². The molecule has 0 atom stereocenters. The summed E-state index contributed by atoms with van der Waals surface area (Å²) in [6.45, 7) is 2.95. The van der Waals surface area contributed by atoms with Crippen LogP contribution in [0.25, 0.3) is 10.4 Å². The maximum atomic E-state index is 4.34. The van der Waals surface area contributed by atoms with E-state index in [1.165, 1.54) is 4.88 Å². The first-order valence-electron chi connectivity index (χ1n) is 4.75. The van der Waals surface area contributed by atoms with Crippen molar-refractivity contribution in [2.24, 2.45) is 0 Å². The van der Waals surface area contributed by atoms with Crippen molar-refractivity contribution in [3.05, 3.63) is 34.2 Å². The summed E-state index contributed by atoms with van der Waals surface area (Å²) in [5, 5.41) is 5.34. The van der Waals surface area contributed by atoms with Gasteiger partial charge in [-0.2, -0.15) is 0 Å². The first-order chi connectivity index (χ1) is 7.33. The lowest BCUT2D eigenvalue weighted by atomic mass is 10.2. The Labute approximate surface area is 101 Å². The molecule has 0 bridgehead atoms. The van der Waals surface area contributed by atoms with Gasteiger partial charge in [0, 0.05) is 22.8 Å². The predicted octanol–water partition coefficient (Wildman–Crippen LogP) is 4.00. The summed E-state index contributed by atoms with van der Waals surface area (Å²) >= 11 is 5.26. The minimum Gasteiger partial charge on any atom is -0.370 e. The molecular formula is C11H11BrN2S. The van der Waals surface area contributed by atoms with Gasteiger partial charge >= 0.3 is 0 Å². The summed E-state index contributed by atoms with van der Waals surface area (Å²) in [7, 11) is 0. The normalized spacial score (nSPS) is 10.3. The van der Waals surface area contributed by atoms with Gasteiger partial charge in [-0.15, -0.1) is 11.3 Å². The van der Waals surface area contributed by atoms with Crippen molar-refractivity contribution in [2.45, 2.75) is 6.92 Å². The van der Waals surface area contributed by atoms with Gasteiger partial charge < -0.3 is 5.32 Å². The lowest BCUT2D eigenvalue weighted by Gasteiger charge is -2.07. The van der Waals surface area contributed by atoms with Crippen LogP contribution in [-0.4, -0.2) is 11.5 Å². The van der Waals surface area contributed by atoms with Gasteiger partial charge in [0.15, 0.2) is 0 Å². The second kappa shape index (κ2) is 4.77. The molecule has 0 aliphatic rings. The van der Waals surface area contributed by atoms with E-state index in [-0.39, 0.29) is 0 Å². The molecule has 2 nitrogen and oxygen atoms in total.